The number of nitrogens with zero attached hydrogens (tertiary/aromatic N) is 3. The van der Waals surface area contributed by atoms with Gasteiger partial charge >= 0.3 is 0 Å². The van der Waals surface area contributed by atoms with Gasteiger partial charge in [-0.25, -0.2) is 4.98 Å². The predicted molar refractivity (Wildman–Crippen MR) is 92.4 cm³/mol. The minimum Gasteiger partial charge on any atom is -0.341 e. The first-order valence-corrected chi connectivity index (χ1v) is 9.59. The Labute approximate surface area is 146 Å². The standard InChI is InChI=1S/C18H23N3O2S/c1-13-19-15(11-24-13)10-20-8-6-18(17(20)23)7-9-21(12-18)16(22)14-4-2-3-5-14/h2-3,11,14H,4-10,12H2,1H3/t18-/m1/s1. The molecule has 0 N–H and O–H groups in total. The summed E-state index contributed by atoms with van der Waals surface area (Å²) in [6, 6.07) is 0. The molecule has 2 saturated heterocycles. The van der Waals surface area contributed by atoms with E-state index >= 15 is 0 Å². The average molecular weight is 345 g/mol. The summed E-state index contributed by atoms with van der Waals surface area (Å²) >= 11 is 1.62. The lowest BCUT2D eigenvalue weighted by molar-refractivity contribution is -0.138. The monoisotopic (exact) mass is 345 g/mol. The first kappa shape index (κ1) is 15.8. The lowest BCUT2D eigenvalue weighted by Crippen LogP contribution is -2.39. The van der Waals surface area contributed by atoms with E-state index in [1.54, 1.807) is 11.3 Å². The highest BCUT2D eigenvalue weighted by molar-refractivity contribution is 7.09. The number of aryl methyl sites for hydroxylation is 1. The van der Waals surface area contributed by atoms with E-state index in [2.05, 4.69) is 17.1 Å². The van der Waals surface area contributed by atoms with Gasteiger partial charge < -0.3 is 9.80 Å². The van der Waals surface area contributed by atoms with Gasteiger partial charge in [0, 0.05) is 30.9 Å². The molecule has 1 aliphatic carbocycles. The summed E-state index contributed by atoms with van der Waals surface area (Å²) in [4.78, 5) is 33.9. The van der Waals surface area contributed by atoms with Crippen LogP contribution in [0.25, 0.3) is 0 Å². The second-order valence-electron chi connectivity index (χ2n) is 7.26. The number of amides is 2. The van der Waals surface area contributed by atoms with Crippen LogP contribution in [-0.4, -0.2) is 46.2 Å². The molecule has 1 atom stereocenters. The van der Waals surface area contributed by atoms with Gasteiger partial charge in [0.15, 0.2) is 0 Å². The number of hydrogen-bond acceptors (Lipinski definition) is 4. The zero-order chi connectivity index (χ0) is 16.7. The molecule has 128 valence electrons. The number of carbonyl (C=O) groups is 2. The number of hydrogen-bond donors (Lipinski definition) is 0. The topological polar surface area (TPSA) is 53.5 Å². The first-order valence-electron chi connectivity index (χ1n) is 8.72. The van der Waals surface area contributed by atoms with Crippen molar-refractivity contribution in [3.8, 4) is 0 Å². The molecule has 0 radical (unpaired) electrons. The fourth-order valence-electron chi connectivity index (χ4n) is 4.24. The Kier molecular flexibility index (Phi) is 3.95. The largest absolute Gasteiger partial charge is 0.341 e. The van der Waals surface area contributed by atoms with E-state index in [0.717, 1.165) is 49.5 Å². The third kappa shape index (κ3) is 2.66. The molecular formula is C18H23N3O2S. The van der Waals surface area contributed by atoms with E-state index < -0.39 is 0 Å². The van der Waals surface area contributed by atoms with Crippen LogP contribution in [0.3, 0.4) is 0 Å². The van der Waals surface area contributed by atoms with E-state index in [9.17, 15) is 9.59 Å². The molecule has 1 spiro atoms. The summed E-state index contributed by atoms with van der Waals surface area (Å²) < 4.78 is 0. The molecule has 5 nitrogen and oxygen atoms in total. The summed E-state index contributed by atoms with van der Waals surface area (Å²) in [5.74, 6) is 0.553. The van der Waals surface area contributed by atoms with E-state index in [-0.39, 0.29) is 23.1 Å². The van der Waals surface area contributed by atoms with Gasteiger partial charge in [0.25, 0.3) is 0 Å². The van der Waals surface area contributed by atoms with Crippen molar-refractivity contribution in [2.24, 2.45) is 11.3 Å². The molecule has 2 fully saturated rings. The smallest absolute Gasteiger partial charge is 0.231 e. The van der Waals surface area contributed by atoms with Crippen molar-refractivity contribution >= 4 is 23.2 Å². The van der Waals surface area contributed by atoms with Crippen LogP contribution < -0.4 is 0 Å². The molecule has 4 rings (SSSR count). The maximum atomic E-state index is 13.0. The van der Waals surface area contributed by atoms with Crippen molar-refractivity contribution in [3.05, 3.63) is 28.2 Å². The van der Waals surface area contributed by atoms with Gasteiger partial charge in [0.1, 0.15) is 0 Å². The molecule has 2 aliphatic heterocycles. The van der Waals surface area contributed by atoms with Crippen LogP contribution in [0.1, 0.15) is 36.4 Å². The number of rotatable bonds is 3. The van der Waals surface area contributed by atoms with Crippen molar-refractivity contribution in [3.63, 3.8) is 0 Å². The third-order valence-corrected chi connectivity index (χ3v) is 6.47. The molecule has 0 aromatic carbocycles. The molecule has 0 unspecified atom stereocenters. The van der Waals surface area contributed by atoms with E-state index in [4.69, 9.17) is 0 Å². The SMILES string of the molecule is Cc1nc(CN2CC[C@]3(CCN(C(=O)C4CC=CC4)C3)C2=O)cs1. The summed E-state index contributed by atoms with van der Waals surface area (Å²) in [6.07, 6.45) is 7.56. The molecule has 1 aromatic heterocycles. The van der Waals surface area contributed by atoms with Crippen LogP contribution >= 0.6 is 11.3 Å². The van der Waals surface area contributed by atoms with Crippen LogP contribution in [0.4, 0.5) is 0 Å². The highest BCUT2D eigenvalue weighted by atomic mass is 32.1. The highest BCUT2D eigenvalue weighted by Crippen LogP contribution is 2.42. The van der Waals surface area contributed by atoms with Gasteiger partial charge in [0.2, 0.25) is 11.8 Å². The molecule has 6 heteroatoms. The molecule has 1 aromatic rings. The predicted octanol–water partition coefficient (Wildman–Crippen LogP) is 2.37. The Morgan fingerprint density at radius 2 is 2.08 bits per heavy atom. The Bertz CT molecular complexity index is 690. The van der Waals surface area contributed by atoms with Crippen LogP contribution in [0.15, 0.2) is 17.5 Å². The average Bonchev–Trinajstić information content (AvgIpc) is 3.34. The molecule has 2 amide bonds. The molecule has 0 saturated carbocycles. The number of thiazole rings is 1. The van der Waals surface area contributed by atoms with E-state index in [1.807, 2.05) is 22.1 Å². The van der Waals surface area contributed by atoms with Crippen LogP contribution in [0, 0.1) is 18.3 Å². The molecular weight excluding hydrogens is 322 g/mol. The fraction of sp³-hybridized carbons (Fsp3) is 0.611. The van der Waals surface area contributed by atoms with Crippen LogP contribution in [-0.2, 0) is 16.1 Å². The zero-order valence-corrected chi connectivity index (χ0v) is 14.8. The quantitative estimate of drug-likeness (QED) is 0.790. The van der Waals surface area contributed by atoms with Crippen LogP contribution in [0.5, 0.6) is 0 Å². The van der Waals surface area contributed by atoms with Crippen molar-refractivity contribution in [1.82, 2.24) is 14.8 Å². The maximum Gasteiger partial charge on any atom is 0.231 e. The zero-order valence-electron chi connectivity index (χ0n) is 14.0. The molecule has 24 heavy (non-hydrogen) atoms. The molecule has 3 heterocycles. The lowest BCUT2D eigenvalue weighted by atomic mass is 9.85. The summed E-state index contributed by atoms with van der Waals surface area (Å²) in [6.45, 7) is 4.70. The summed E-state index contributed by atoms with van der Waals surface area (Å²) in [5, 5.41) is 3.07. The van der Waals surface area contributed by atoms with Gasteiger partial charge in [0.05, 0.1) is 22.7 Å². The number of aromatic nitrogens is 1. The minimum atomic E-state index is -0.341. The number of carbonyl (C=O) groups excluding carboxylic acids is 2. The number of allylic oxidation sites excluding steroid dienone is 2. The Morgan fingerprint density at radius 3 is 2.79 bits per heavy atom. The normalized spacial score (nSPS) is 27.1. The first-order chi connectivity index (χ1) is 11.6. The van der Waals surface area contributed by atoms with E-state index in [1.165, 1.54) is 0 Å². The Hall–Kier alpha value is -1.69. The molecule has 0 bridgehead atoms. The minimum absolute atomic E-state index is 0.103. The van der Waals surface area contributed by atoms with Crippen molar-refractivity contribution in [2.45, 2.75) is 39.2 Å². The highest BCUT2D eigenvalue weighted by Gasteiger charge is 2.52. The third-order valence-electron chi connectivity index (χ3n) is 5.64. The second-order valence-corrected chi connectivity index (χ2v) is 8.33. The van der Waals surface area contributed by atoms with Crippen LogP contribution in [0.2, 0.25) is 0 Å². The van der Waals surface area contributed by atoms with Gasteiger partial charge in [-0.2, -0.15) is 0 Å². The van der Waals surface area contributed by atoms with E-state index in [0.29, 0.717) is 13.1 Å². The van der Waals surface area contributed by atoms with Gasteiger partial charge in [-0.1, -0.05) is 12.2 Å². The van der Waals surface area contributed by atoms with Crippen molar-refractivity contribution < 1.29 is 9.59 Å². The Balaban J connectivity index is 1.41. The van der Waals surface area contributed by atoms with Crippen molar-refractivity contribution in [1.29, 1.82) is 0 Å². The summed E-state index contributed by atoms with van der Waals surface area (Å²) in [7, 11) is 0. The van der Waals surface area contributed by atoms with Gasteiger partial charge in [-0.15, -0.1) is 11.3 Å². The summed E-state index contributed by atoms with van der Waals surface area (Å²) in [5.41, 5.74) is 0.637. The van der Waals surface area contributed by atoms with Crippen molar-refractivity contribution in [2.75, 3.05) is 19.6 Å². The maximum absolute atomic E-state index is 13.0. The number of likely N-dealkylation sites (tertiary alicyclic amines) is 2. The van der Waals surface area contributed by atoms with Gasteiger partial charge in [-0.3, -0.25) is 9.59 Å². The van der Waals surface area contributed by atoms with Gasteiger partial charge in [-0.05, 0) is 32.6 Å². The Morgan fingerprint density at radius 1 is 1.33 bits per heavy atom. The second kappa shape index (κ2) is 5.99. The fourth-order valence-corrected chi connectivity index (χ4v) is 4.84. The molecule has 3 aliphatic rings. The lowest BCUT2D eigenvalue weighted by Gasteiger charge is -2.25.